The van der Waals surface area contributed by atoms with Crippen LogP contribution in [0.4, 0.5) is 16.6 Å². The summed E-state index contributed by atoms with van der Waals surface area (Å²) in [6.07, 6.45) is 2.04. The van der Waals surface area contributed by atoms with Crippen LogP contribution < -0.4 is 21.7 Å². The van der Waals surface area contributed by atoms with Crippen molar-refractivity contribution in [3.8, 4) is 0 Å². The van der Waals surface area contributed by atoms with Gasteiger partial charge in [0.15, 0.2) is 5.13 Å². The van der Waals surface area contributed by atoms with Gasteiger partial charge in [0.1, 0.15) is 10.7 Å². The standard InChI is InChI=1S/C15H18ClN5OS/c16-9-3-5-10(6-4-9)20-15-21-13(17)12(23-15)14(22)19-11-2-1-7-18-8-11/h3-6,11,18H,1-2,7-8,17H2,(H,19,22)(H,20,21). The molecule has 2 heterocycles. The van der Waals surface area contributed by atoms with Crippen molar-refractivity contribution in [1.29, 1.82) is 0 Å². The second-order valence-electron chi connectivity index (χ2n) is 5.38. The molecule has 1 aromatic heterocycles. The maximum atomic E-state index is 12.4. The Morgan fingerprint density at radius 1 is 1.39 bits per heavy atom. The van der Waals surface area contributed by atoms with E-state index in [0.717, 1.165) is 31.6 Å². The molecule has 1 unspecified atom stereocenters. The number of thiazole rings is 1. The summed E-state index contributed by atoms with van der Waals surface area (Å²) in [7, 11) is 0. The Morgan fingerprint density at radius 3 is 2.87 bits per heavy atom. The van der Waals surface area contributed by atoms with Crippen molar-refractivity contribution in [2.75, 3.05) is 24.1 Å². The SMILES string of the molecule is Nc1nc(Nc2ccc(Cl)cc2)sc1C(=O)NC1CCCNC1. The molecule has 0 spiro atoms. The lowest BCUT2D eigenvalue weighted by Gasteiger charge is -2.23. The van der Waals surface area contributed by atoms with Crippen molar-refractivity contribution in [3.63, 3.8) is 0 Å². The number of nitrogens with two attached hydrogens (primary N) is 1. The molecule has 2 aromatic rings. The van der Waals surface area contributed by atoms with Crippen molar-refractivity contribution in [2.45, 2.75) is 18.9 Å². The minimum absolute atomic E-state index is 0.144. The number of nitrogens with one attached hydrogen (secondary N) is 3. The Labute approximate surface area is 143 Å². The lowest BCUT2D eigenvalue weighted by atomic mass is 10.1. The third-order valence-corrected chi connectivity index (χ3v) is 4.82. The summed E-state index contributed by atoms with van der Waals surface area (Å²) >= 11 is 7.10. The molecule has 1 saturated heterocycles. The monoisotopic (exact) mass is 351 g/mol. The number of benzene rings is 1. The number of halogens is 1. The smallest absolute Gasteiger partial charge is 0.265 e. The zero-order valence-electron chi connectivity index (χ0n) is 12.4. The van der Waals surface area contributed by atoms with E-state index in [1.165, 1.54) is 11.3 Å². The second kappa shape index (κ2) is 7.16. The van der Waals surface area contributed by atoms with Crippen LogP contribution in [-0.2, 0) is 0 Å². The highest BCUT2D eigenvalue weighted by atomic mass is 35.5. The zero-order valence-corrected chi connectivity index (χ0v) is 14.0. The van der Waals surface area contributed by atoms with Crippen LogP contribution >= 0.6 is 22.9 Å². The molecule has 1 fully saturated rings. The molecule has 1 atom stereocenters. The number of nitrogen functional groups attached to an aromatic ring is 1. The molecule has 1 aliphatic heterocycles. The van der Waals surface area contributed by atoms with Gasteiger partial charge in [0, 0.05) is 23.3 Å². The summed E-state index contributed by atoms with van der Waals surface area (Å²) in [6, 6.07) is 7.39. The van der Waals surface area contributed by atoms with Crippen LogP contribution in [0.15, 0.2) is 24.3 Å². The number of nitrogens with zero attached hydrogens (tertiary/aromatic N) is 1. The number of rotatable bonds is 4. The van der Waals surface area contributed by atoms with Gasteiger partial charge in [-0.3, -0.25) is 4.79 Å². The molecule has 0 aliphatic carbocycles. The highest BCUT2D eigenvalue weighted by Gasteiger charge is 2.21. The molecular weight excluding hydrogens is 334 g/mol. The van der Waals surface area contributed by atoms with Gasteiger partial charge >= 0.3 is 0 Å². The number of anilines is 3. The van der Waals surface area contributed by atoms with Gasteiger partial charge in [-0.1, -0.05) is 22.9 Å². The molecule has 23 heavy (non-hydrogen) atoms. The Balaban J connectivity index is 1.67. The quantitative estimate of drug-likeness (QED) is 0.679. The third-order valence-electron chi connectivity index (χ3n) is 3.59. The maximum absolute atomic E-state index is 12.4. The molecular formula is C15H18ClN5OS. The molecule has 5 N–H and O–H groups in total. The van der Waals surface area contributed by atoms with Crippen molar-refractivity contribution < 1.29 is 4.79 Å². The molecule has 122 valence electrons. The van der Waals surface area contributed by atoms with Crippen LogP contribution in [0.3, 0.4) is 0 Å². The van der Waals surface area contributed by atoms with Gasteiger partial charge in [0.05, 0.1) is 0 Å². The van der Waals surface area contributed by atoms with Gasteiger partial charge in [-0.2, -0.15) is 0 Å². The molecule has 1 aromatic carbocycles. The number of amides is 1. The number of piperidine rings is 1. The molecule has 0 radical (unpaired) electrons. The minimum atomic E-state index is -0.169. The fraction of sp³-hybridized carbons (Fsp3) is 0.333. The van der Waals surface area contributed by atoms with Gasteiger partial charge in [-0.05, 0) is 43.7 Å². The fourth-order valence-corrected chi connectivity index (χ4v) is 3.36. The summed E-state index contributed by atoms with van der Waals surface area (Å²) in [4.78, 5) is 17.0. The topological polar surface area (TPSA) is 92.1 Å². The first-order valence-electron chi connectivity index (χ1n) is 7.42. The van der Waals surface area contributed by atoms with Crippen LogP contribution in [0, 0.1) is 0 Å². The van der Waals surface area contributed by atoms with E-state index in [4.69, 9.17) is 17.3 Å². The maximum Gasteiger partial charge on any atom is 0.265 e. The lowest BCUT2D eigenvalue weighted by Crippen LogP contribution is -2.45. The Kier molecular flexibility index (Phi) is 5.00. The van der Waals surface area contributed by atoms with Gasteiger partial charge in [-0.25, -0.2) is 4.98 Å². The van der Waals surface area contributed by atoms with E-state index in [0.29, 0.717) is 15.0 Å². The van der Waals surface area contributed by atoms with E-state index in [1.807, 2.05) is 12.1 Å². The molecule has 1 amide bonds. The second-order valence-corrected chi connectivity index (χ2v) is 6.82. The average molecular weight is 352 g/mol. The number of carbonyl (C=O) groups excluding carboxylic acids is 1. The normalized spacial score (nSPS) is 17.7. The van der Waals surface area contributed by atoms with E-state index in [1.54, 1.807) is 12.1 Å². The van der Waals surface area contributed by atoms with Crippen LogP contribution in [-0.4, -0.2) is 30.0 Å². The van der Waals surface area contributed by atoms with Crippen molar-refractivity contribution in [1.82, 2.24) is 15.6 Å². The van der Waals surface area contributed by atoms with Crippen molar-refractivity contribution >= 4 is 45.5 Å². The number of hydrogen-bond acceptors (Lipinski definition) is 6. The molecule has 6 nitrogen and oxygen atoms in total. The highest BCUT2D eigenvalue weighted by molar-refractivity contribution is 7.18. The lowest BCUT2D eigenvalue weighted by molar-refractivity contribution is 0.0935. The van der Waals surface area contributed by atoms with E-state index in [2.05, 4.69) is 20.9 Å². The van der Waals surface area contributed by atoms with Crippen molar-refractivity contribution in [2.24, 2.45) is 0 Å². The predicted octanol–water partition coefficient (Wildman–Crippen LogP) is 2.60. The Morgan fingerprint density at radius 2 is 2.17 bits per heavy atom. The van der Waals surface area contributed by atoms with Crippen LogP contribution in [0.5, 0.6) is 0 Å². The van der Waals surface area contributed by atoms with Crippen molar-refractivity contribution in [3.05, 3.63) is 34.2 Å². The summed E-state index contributed by atoms with van der Waals surface area (Å²) in [5, 5.41) is 10.6. The fourth-order valence-electron chi connectivity index (χ4n) is 2.43. The molecule has 0 bridgehead atoms. The Bertz CT molecular complexity index is 682. The molecule has 1 aliphatic rings. The van der Waals surface area contributed by atoms with E-state index >= 15 is 0 Å². The van der Waals surface area contributed by atoms with E-state index in [-0.39, 0.29) is 17.8 Å². The summed E-state index contributed by atoms with van der Waals surface area (Å²) in [6.45, 7) is 1.80. The molecule has 8 heteroatoms. The zero-order chi connectivity index (χ0) is 16.2. The van der Waals surface area contributed by atoms with Crippen LogP contribution in [0.2, 0.25) is 5.02 Å². The van der Waals surface area contributed by atoms with Gasteiger partial charge < -0.3 is 21.7 Å². The molecule has 0 saturated carbocycles. The first-order valence-corrected chi connectivity index (χ1v) is 8.62. The van der Waals surface area contributed by atoms with Gasteiger partial charge in [-0.15, -0.1) is 0 Å². The van der Waals surface area contributed by atoms with Gasteiger partial charge in [0.2, 0.25) is 0 Å². The third kappa shape index (κ3) is 4.13. The van der Waals surface area contributed by atoms with Crippen LogP contribution in [0.1, 0.15) is 22.5 Å². The predicted molar refractivity (Wildman–Crippen MR) is 94.6 cm³/mol. The minimum Gasteiger partial charge on any atom is -0.382 e. The largest absolute Gasteiger partial charge is 0.382 e. The summed E-state index contributed by atoms with van der Waals surface area (Å²) < 4.78 is 0. The average Bonchev–Trinajstić information content (AvgIpc) is 2.91. The number of hydrogen-bond donors (Lipinski definition) is 4. The molecule has 3 rings (SSSR count). The number of carbonyl (C=O) groups is 1. The van der Waals surface area contributed by atoms with E-state index in [9.17, 15) is 4.79 Å². The Hall–Kier alpha value is -1.83. The summed E-state index contributed by atoms with van der Waals surface area (Å²) in [5.74, 6) is 0.0746. The van der Waals surface area contributed by atoms with Gasteiger partial charge in [0.25, 0.3) is 5.91 Å². The highest BCUT2D eigenvalue weighted by Crippen LogP contribution is 2.28. The first kappa shape index (κ1) is 16.0. The summed E-state index contributed by atoms with van der Waals surface area (Å²) in [5.41, 5.74) is 6.73. The van der Waals surface area contributed by atoms with Crippen LogP contribution in [0.25, 0.3) is 0 Å². The van der Waals surface area contributed by atoms with E-state index < -0.39 is 0 Å². The first-order chi connectivity index (χ1) is 11.1. The number of aromatic nitrogens is 1.